The van der Waals surface area contributed by atoms with Crippen LogP contribution in [0.25, 0.3) is 0 Å². The van der Waals surface area contributed by atoms with E-state index in [1.807, 2.05) is 18.2 Å². The summed E-state index contributed by atoms with van der Waals surface area (Å²) < 4.78 is 5.47. The van der Waals surface area contributed by atoms with E-state index in [0.717, 1.165) is 32.3 Å². The molecule has 1 aromatic carbocycles. The van der Waals surface area contributed by atoms with Gasteiger partial charge in [-0.2, -0.15) is 0 Å². The molecular formula is C15H20O2. The first kappa shape index (κ1) is 12.3. The molecule has 2 heteroatoms. The second kappa shape index (κ2) is 6.55. The van der Waals surface area contributed by atoms with Crippen LogP contribution in [0, 0.1) is 0 Å². The standard InChI is InChI=1S/C15H20O2/c16-14(12-15-10-5-11-17-15)9-4-8-13-6-2-1-3-7-13/h1-3,6-7,15H,4-5,8-12H2. The lowest BCUT2D eigenvalue weighted by Crippen LogP contribution is -2.12. The van der Waals surface area contributed by atoms with Gasteiger partial charge in [0, 0.05) is 19.4 Å². The van der Waals surface area contributed by atoms with E-state index in [1.165, 1.54) is 5.56 Å². The van der Waals surface area contributed by atoms with Gasteiger partial charge >= 0.3 is 0 Å². The van der Waals surface area contributed by atoms with E-state index in [-0.39, 0.29) is 6.10 Å². The number of carbonyl (C=O) groups excluding carboxylic acids is 1. The van der Waals surface area contributed by atoms with Gasteiger partial charge in [-0.05, 0) is 31.2 Å². The van der Waals surface area contributed by atoms with Crippen LogP contribution in [0.2, 0.25) is 0 Å². The van der Waals surface area contributed by atoms with Crippen molar-refractivity contribution >= 4 is 5.78 Å². The Bertz CT molecular complexity index is 339. The topological polar surface area (TPSA) is 26.3 Å². The van der Waals surface area contributed by atoms with E-state index >= 15 is 0 Å². The maximum absolute atomic E-state index is 11.7. The Hall–Kier alpha value is -1.15. The SMILES string of the molecule is O=C(CCCc1ccccc1)CC1CCCO1. The number of hydrogen-bond donors (Lipinski definition) is 0. The lowest BCUT2D eigenvalue weighted by molar-refractivity contribution is -0.121. The summed E-state index contributed by atoms with van der Waals surface area (Å²) in [5.41, 5.74) is 1.32. The first-order chi connectivity index (χ1) is 8.34. The molecule has 0 saturated carbocycles. The Balaban J connectivity index is 1.63. The van der Waals surface area contributed by atoms with Crippen LogP contribution in [0.4, 0.5) is 0 Å². The Labute approximate surface area is 103 Å². The third kappa shape index (κ3) is 4.31. The van der Waals surface area contributed by atoms with Crippen LogP contribution in [0.15, 0.2) is 30.3 Å². The highest BCUT2D eigenvalue weighted by molar-refractivity contribution is 5.78. The van der Waals surface area contributed by atoms with E-state index in [1.54, 1.807) is 0 Å². The van der Waals surface area contributed by atoms with E-state index in [9.17, 15) is 4.79 Å². The van der Waals surface area contributed by atoms with Crippen LogP contribution in [0.3, 0.4) is 0 Å². The molecule has 0 bridgehead atoms. The molecule has 1 aromatic rings. The van der Waals surface area contributed by atoms with Gasteiger partial charge in [0.1, 0.15) is 5.78 Å². The fourth-order valence-corrected chi connectivity index (χ4v) is 2.30. The summed E-state index contributed by atoms with van der Waals surface area (Å²) in [5, 5.41) is 0. The predicted molar refractivity (Wildman–Crippen MR) is 68.0 cm³/mol. The fourth-order valence-electron chi connectivity index (χ4n) is 2.30. The smallest absolute Gasteiger partial charge is 0.135 e. The molecule has 0 amide bonds. The largest absolute Gasteiger partial charge is 0.378 e. The summed E-state index contributed by atoms with van der Waals surface area (Å²) in [7, 11) is 0. The average molecular weight is 232 g/mol. The Morgan fingerprint density at radius 1 is 1.29 bits per heavy atom. The molecule has 1 aliphatic heterocycles. The summed E-state index contributed by atoms with van der Waals surface area (Å²) in [6.45, 7) is 0.835. The van der Waals surface area contributed by atoms with Crippen molar-refractivity contribution in [2.45, 2.75) is 44.6 Å². The van der Waals surface area contributed by atoms with Crippen LogP contribution >= 0.6 is 0 Å². The second-order valence-corrected chi connectivity index (χ2v) is 4.72. The van der Waals surface area contributed by atoms with Crippen molar-refractivity contribution in [2.24, 2.45) is 0 Å². The van der Waals surface area contributed by atoms with Gasteiger partial charge in [0.15, 0.2) is 0 Å². The summed E-state index contributed by atoms with van der Waals surface area (Å²) in [6, 6.07) is 10.3. The van der Waals surface area contributed by atoms with Crippen molar-refractivity contribution in [2.75, 3.05) is 6.61 Å². The third-order valence-electron chi connectivity index (χ3n) is 3.24. The number of aryl methyl sites for hydroxylation is 1. The number of rotatable bonds is 6. The van der Waals surface area contributed by atoms with Crippen LogP contribution in [0.5, 0.6) is 0 Å². The third-order valence-corrected chi connectivity index (χ3v) is 3.24. The molecule has 0 aromatic heterocycles. The van der Waals surface area contributed by atoms with Gasteiger partial charge in [-0.25, -0.2) is 0 Å². The molecule has 1 heterocycles. The summed E-state index contributed by atoms with van der Waals surface area (Å²) in [5.74, 6) is 0.354. The van der Waals surface area contributed by atoms with Crippen molar-refractivity contribution < 1.29 is 9.53 Å². The molecule has 1 saturated heterocycles. The molecule has 1 aliphatic rings. The van der Waals surface area contributed by atoms with E-state index < -0.39 is 0 Å². The Morgan fingerprint density at radius 2 is 2.12 bits per heavy atom. The number of hydrogen-bond acceptors (Lipinski definition) is 2. The minimum Gasteiger partial charge on any atom is -0.378 e. The highest BCUT2D eigenvalue weighted by Crippen LogP contribution is 2.17. The molecule has 0 radical (unpaired) electrons. The van der Waals surface area contributed by atoms with E-state index in [4.69, 9.17) is 4.74 Å². The lowest BCUT2D eigenvalue weighted by Gasteiger charge is -2.07. The van der Waals surface area contributed by atoms with Crippen molar-refractivity contribution in [3.63, 3.8) is 0 Å². The quantitative estimate of drug-likeness (QED) is 0.753. The monoisotopic (exact) mass is 232 g/mol. The summed E-state index contributed by atoms with van der Waals surface area (Å²) >= 11 is 0. The van der Waals surface area contributed by atoms with Gasteiger partial charge < -0.3 is 4.74 Å². The molecule has 2 rings (SSSR count). The average Bonchev–Trinajstić information content (AvgIpc) is 2.83. The molecular weight excluding hydrogens is 212 g/mol. The van der Waals surface area contributed by atoms with Crippen LogP contribution in [-0.4, -0.2) is 18.5 Å². The number of Topliss-reactive ketones (excluding diaryl/α,β-unsaturated/α-hetero) is 1. The van der Waals surface area contributed by atoms with E-state index in [0.29, 0.717) is 18.6 Å². The van der Waals surface area contributed by atoms with Gasteiger partial charge in [-0.3, -0.25) is 4.79 Å². The van der Waals surface area contributed by atoms with Gasteiger partial charge in [-0.15, -0.1) is 0 Å². The zero-order valence-corrected chi connectivity index (χ0v) is 10.2. The van der Waals surface area contributed by atoms with Crippen molar-refractivity contribution in [1.29, 1.82) is 0 Å². The molecule has 17 heavy (non-hydrogen) atoms. The summed E-state index contributed by atoms with van der Waals surface area (Å²) in [6.07, 6.45) is 5.64. The van der Waals surface area contributed by atoms with Gasteiger partial charge in [-0.1, -0.05) is 30.3 Å². The van der Waals surface area contributed by atoms with E-state index in [2.05, 4.69) is 12.1 Å². The number of ketones is 1. The minimum absolute atomic E-state index is 0.208. The fraction of sp³-hybridized carbons (Fsp3) is 0.533. The van der Waals surface area contributed by atoms with Gasteiger partial charge in [0.25, 0.3) is 0 Å². The Morgan fingerprint density at radius 3 is 2.82 bits per heavy atom. The van der Waals surface area contributed by atoms with Gasteiger partial charge in [0.05, 0.1) is 6.10 Å². The van der Waals surface area contributed by atoms with Crippen LogP contribution in [-0.2, 0) is 16.0 Å². The zero-order valence-electron chi connectivity index (χ0n) is 10.2. The van der Waals surface area contributed by atoms with Crippen molar-refractivity contribution in [3.05, 3.63) is 35.9 Å². The zero-order chi connectivity index (χ0) is 11.9. The maximum Gasteiger partial charge on any atom is 0.135 e. The van der Waals surface area contributed by atoms with Gasteiger partial charge in [0.2, 0.25) is 0 Å². The summed E-state index contributed by atoms with van der Waals surface area (Å²) in [4.78, 5) is 11.7. The molecule has 2 nitrogen and oxygen atoms in total. The minimum atomic E-state index is 0.208. The normalized spacial score (nSPS) is 19.4. The molecule has 92 valence electrons. The molecule has 0 spiro atoms. The Kier molecular flexibility index (Phi) is 4.75. The second-order valence-electron chi connectivity index (χ2n) is 4.72. The first-order valence-electron chi connectivity index (χ1n) is 6.52. The first-order valence-corrected chi connectivity index (χ1v) is 6.52. The van der Waals surface area contributed by atoms with Crippen LogP contribution < -0.4 is 0 Å². The van der Waals surface area contributed by atoms with Crippen molar-refractivity contribution in [3.8, 4) is 0 Å². The number of carbonyl (C=O) groups is 1. The molecule has 1 fully saturated rings. The lowest BCUT2D eigenvalue weighted by atomic mass is 10.0. The highest BCUT2D eigenvalue weighted by atomic mass is 16.5. The van der Waals surface area contributed by atoms with Crippen molar-refractivity contribution in [1.82, 2.24) is 0 Å². The van der Waals surface area contributed by atoms with Crippen LogP contribution in [0.1, 0.15) is 37.7 Å². The molecule has 0 N–H and O–H groups in total. The molecule has 1 atom stereocenters. The number of benzene rings is 1. The molecule has 0 aliphatic carbocycles. The molecule has 1 unspecified atom stereocenters. The number of ether oxygens (including phenoxy) is 1. The maximum atomic E-state index is 11.7. The predicted octanol–water partition coefficient (Wildman–Crippen LogP) is 3.15. The highest BCUT2D eigenvalue weighted by Gasteiger charge is 2.18.